The van der Waals surface area contributed by atoms with E-state index in [2.05, 4.69) is 29.8 Å². The van der Waals surface area contributed by atoms with Crippen LogP contribution in [0.1, 0.15) is 0 Å². The first-order valence-corrected chi connectivity index (χ1v) is 5.62. The Morgan fingerprint density at radius 1 is 1.64 bits per heavy atom. The second-order valence-electron chi connectivity index (χ2n) is 2.24. The van der Waals surface area contributed by atoms with Gasteiger partial charge in [0.15, 0.2) is 0 Å². The van der Waals surface area contributed by atoms with E-state index in [4.69, 9.17) is 17.6 Å². The van der Waals surface area contributed by atoms with Crippen LogP contribution in [-0.4, -0.2) is 28.4 Å². The predicted octanol–water partition coefficient (Wildman–Crippen LogP) is 0.445. The molecule has 3 nitrogen and oxygen atoms in total. The van der Waals surface area contributed by atoms with Gasteiger partial charge in [0.1, 0.15) is 6.04 Å². The van der Waals surface area contributed by atoms with Gasteiger partial charge in [-0.2, -0.15) is 12.6 Å². The standard InChI is InChI=1S/C9H10INO2S/c1-3-5-11-7(6-14)9(12)13-8(10)4-2/h1-2,7-8,11,14H,5-6H2/t7-,8?/m0/s1. The smallest absolute Gasteiger partial charge is 0.325 e. The molecule has 0 aliphatic heterocycles. The molecule has 0 aromatic heterocycles. The number of alkyl halides is 1. The Morgan fingerprint density at radius 2 is 2.29 bits per heavy atom. The zero-order valence-electron chi connectivity index (χ0n) is 7.37. The Morgan fingerprint density at radius 3 is 2.71 bits per heavy atom. The van der Waals surface area contributed by atoms with E-state index in [0.29, 0.717) is 12.3 Å². The molecule has 0 fully saturated rings. The van der Waals surface area contributed by atoms with Crippen LogP contribution < -0.4 is 5.32 Å². The quantitative estimate of drug-likeness (QED) is 0.254. The van der Waals surface area contributed by atoms with Crippen LogP contribution in [0.2, 0.25) is 0 Å². The third-order valence-corrected chi connectivity index (χ3v) is 2.25. The highest BCUT2D eigenvalue weighted by Crippen LogP contribution is 2.03. The van der Waals surface area contributed by atoms with Crippen LogP contribution in [0.4, 0.5) is 0 Å². The van der Waals surface area contributed by atoms with Crippen molar-refractivity contribution in [1.82, 2.24) is 5.32 Å². The first-order valence-electron chi connectivity index (χ1n) is 3.74. The molecule has 0 aromatic rings. The van der Waals surface area contributed by atoms with Crippen molar-refractivity contribution in [3.8, 4) is 24.7 Å². The molecular weight excluding hydrogens is 313 g/mol. The van der Waals surface area contributed by atoms with Gasteiger partial charge in [0.05, 0.1) is 6.54 Å². The number of hydrogen-bond acceptors (Lipinski definition) is 4. The molecule has 1 unspecified atom stereocenters. The maximum absolute atomic E-state index is 11.3. The van der Waals surface area contributed by atoms with Crippen LogP contribution in [0.15, 0.2) is 0 Å². The van der Waals surface area contributed by atoms with Crippen molar-refractivity contribution < 1.29 is 9.53 Å². The highest BCUT2D eigenvalue weighted by Gasteiger charge is 2.19. The number of carbonyl (C=O) groups is 1. The van der Waals surface area contributed by atoms with Gasteiger partial charge in [-0.25, -0.2) is 0 Å². The number of rotatable bonds is 5. The van der Waals surface area contributed by atoms with Crippen molar-refractivity contribution in [2.24, 2.45) is 0 Å². The third-order valence-electron chi connectivity index (χ3n) is 1.27. The largest absolute Gasteiger partial charge is 0.438 e. The number of esters is 1. The fourth-order valence-corrected chi connectivity index (χ4v) is 1.15. The minimum absolute atomic E-state index is 0.294. The van der Waals surface area contributed by atoms with Gasteiger partial charge in [-0.1, -0.05) is 11.8 Å². The van der Waals surface area contributed by atoms with E-state index in [1.165, 1.54) is 0 Å². The summed E-state index contributed by atoms with van der Waals surface area (Å²) < 4.78 is 4.32. The lowest BCUT2D eigenvalue weighted by Gasteiger charge is -2.14. The number of ether oxygens (including phenoxy) is 1. The molecule has 0 aliphatic carbocycles. The van der Waals surface area contributed by atoms with Crippen LogP contribution in [0.25, 0.3) is 0 Å². The van der Waals surface area contributed by atoms with Gasteiger partial charge in [-0.05, 0) is 22.6 Å². The summed E-state index contributed by atoms with van der Waals surface area (Å²) in [7, 11) is 0. The summed E-state index contributed by atoms with van der Waals surface area (Å²) >= 11 is 5.83. The molecule has 0 radical (unpaired) electrons. The molecule has 0 aromatic carbocycles. The lowest BCUT2D eigenvalue weighted by Crippen LogP contribution is -2.40. The summed E-state index contributed by atoms with van der Waals surface area (Å²) in [4.78, 5) is 11.3. The van der Waals surface area contributed by atoms with Crippen LogP contribution in [-0.2, 0) is 9.53 Å². The van der Waals surface area contributed by atoms with Crippen molar-refractivity contribution in [2.75, 3.05) is 12.3 Å². The highest BCUT2D eigenvalue weighted by atomic mass is 127. The Bertz CT molecular complexity index is 269. The van der Waals surface area contributed by atoms with E-state index in [1.54, 1.807) is 0 Å². The minimum Gasteiger partial charge on any atom is -0.438 e. The molecule has 0 heterocycles. The first kappa shape index (κ1) is 13.6. The molecule has 1 N–H and O–H groups in total. The lowest BCUT2D eigenvalue weighted by atomic mass is 10.3. The molecule has 0 saturated heterocycles. The van der Waals surface area contributed by atoms with Gasteiger partial charge >= 0.3 is 5.97 Å². The van der Waals surface area contributed by atoms with Crippen LogP contribution >= 0.6 is 35.2 Å². The van der Waals surface area contributed by atoms with E-state index >= 15 is 0 Å². The molecule has 0 aliphatic rings. The second kappa shape index (κ2) is 7.98. The van der Waals surface area contributed by atoms with Crippen LogP contribution in [0, 0.1) is 24.7 Å². The molecule has 0 bridgehead atoms. The normalized spacial score (nSPS) is 13.4. The van der Waals surface area contributed by atoms with Gasteiger partial charge in [0, 0.05) is 5.75 Å². The number of nitrogens with one attached hydrogen (secondary N) is 1. The second-order valence-corrected chi connectivity index (χ2v) is 3.74. The molecule has 76 valence electrons. The maximum Gasteiger partial charge on any atom is 0.325 e. The van der Waals surface area contributed by atoms with Gasteiger partial charge in [-0.3, -0.25) is 10.1 Å². The molecule has 0 rings (SSSR count). The van der Waals surface area contributed by atoms with E-state index in [1.807, 2.05) is 22.6 Å². The minimum atomic E-state index is -0.560. The van der Waals surface area contributed by atoms with Gasteiger partial charge in [0.25, 0.3) is 0 Å². The van der Waals surface area contributed by atoms with Gasteiger partial charge in [-0.15, -0.1) is 12.8 Å². The number of terminal acetylenes is 2. The predicted molar refractivity (Wildman–Crippen MR) is 67.2 cm³/mol. The van der Waals surface area contributed by atoms with Crippen molar-refractivity contribution in [2.45, 2.75) is 10.2 Å². The average molecular weight is 323 g/mol. The van der Waals surface area contributed by atoms with E-state index in [0.717, 1.165) is 0 Å². The summed E-state index contributed by atoms with van der Waals surface area (Å²) in [6.07, 6.45) is 10.1. The summed E-state index contributed by atoms with van der Waals surface area (Å²) in [6.45, 7) is 0.294. The maximum atomic E-state index is 11.3. The molecule has 0 amide bonds. The molecule has 5 heteroatoms. The molecular formula is C9H10INO2S. The Hall–Kier alpha value is -0.370. The monoisotopic (exact) mass is 323 g/mol. The highest BCUT2D eigenvalue weighted by molar-refractivity contribution is 14.1. The fraction of sp³-hybridized carbons (Fsp3) is 0.444. The molecule has 14 heavy (non-hydrogen) atoms. The fourth-order valence-electron chi connectivity index (χ4n) is 0.623. The first-order chi connectivity index (χ1) is 6.65. The topological polar surface area (TPSA) is 38.3 Å². The molecule has 2 atom stereocenters. The summed E-state index contributed by atoms with van der Waals surface area (Å²) in [5.74, 6) is 4.52. The average Bonchev–Trinajstić information content (AvgIpc) is 2.18. The Balaban J connectivity index is 4.06. The van der Waals surface area contributed by atoms with E-state index in [9.17, 15) is 4.79 Å². The number of halogens is 1. The van der Waals surface area contributed by atoms with Crippen LogP contribution in [0.5, 0.6) is 0 Å². The summed E-state index contributed by atoms with van der Waals surface area (Å²) in [5.41, 5.74) is 0. The van der Waals surface area contributed by atoms with Gasteiger partial charge < -0.3 is 4.74 Å². The van der Waals surface area contributed by atoms with Crippen molar-refractivity contribution in [3.05, 3.63) is 0 Å². The van der Waals surface area contributed by atoms with Gasteiger partial charge in [0.2, 0.25) is 4.11 Å². The van der Waals surface area contributed by atoms with Crippen molar-refractivity contribution in [1.29, 1.82) is 0 Å². The Labute approximate surface area is 103 Å². The number of hydrogen-bond donors (Lipinski definition) is 2. The summed E-state index contributed by atoms with van der Waals surface area (Å²) in [5, 5.41) is 2.79. The van der Waals surface area contributed by atoms with E-state index in [-0.39, 0.29) is 0 Å². The van der Waals surface area contributed by atoms with Crippen molar-refractivity contribution >= 4 is 41.2 Å². The number of carbonyl (C=O) groups excluding carboxylic acids is 1. The zero-order chi connectivity index (χ0) is 11.0. The lowest BCUT2D eigenvalue weighted by molar-refractivity contribution is -0.144. The molecule has 0 spiro atoms. The molecule has 0 saturated carbocycles. The number of thiol groups is 1. The third kappa shape index (κ3) is 5.38. The van der Waals surface area contributed by atoms with Crippen LogP contribution in [0.3, 0.4) is 0 Å². The van der Waals surface area contributed by atoms with E-state index < -0.39 is 16.1 Å². The van der Waals surface area contributed by atoms with Crippen molar-refractivity contribution in [3.63, 3.8) is 0 Å². The zero-order valence-corrected chi connectivity index (χ0v) is 10.4. The SMILES string of the molecule is C#CCN[C@@H](CS)C(=O)OC(I)C#C. The summed E-state index contributed by atoms with van der Waals surface area (Å²) in [6, 6.07) is -0.514. The Kier molecular flexibility index (Phi) is 7.77.